The second-order valence-electron chi connectivity index (χ2n) is 14.0. The third kappa shape index (κ3) is 5.80. The molecule has 9 rings (SSSR count). The van der Waals surface area contributed by atoms with E-state index >= 15 is 0 Å². The van der Waals surface area contributed by atoms with Crippen molar-refractivity contribution in [1.82, 2.24) is 15.0 Å². The molecule has 2 heterocycles. The summed E-state index contributed by atoms with van der Waals surface area (Å²) in [7, 11) is 72.3. The van der Waals surface area contributed by atoms with Crippen molar-refractivity contribution in [3.63, 3.8) is 0 Å². The zero-order valence-electron chi connectivity index (χ0n) is 30.8. The molecule has 0 spiro atoms. The Morgan fingerprint density at radius 3 is 1.48 bits per heavy atom. The molecule has 0 aliphatic carbocycles. The van der Waals surface area contributed by atoms with Crippen molar-refractivity contribution in [2.45, 2.75) is 0 Å². The number of rotatable bonds is 5. The van der Waals surface area contributed by atoms with E-state index in [0.29, 0.717) is 39.7 Å². The first kappa shape index (κ1) is 37.9. The van der Waals surface area contributed by atoms with Crippen LogP contribution in [0, 0.1) is 0 Å². The van der Waals surface area contributed by atoms with E-state index in [4.69, 9.17) is 106 Å². The van der Waals surface area contributed by atoms with Gasteiger partial charge in [0.1, 0.15) is 97.5 Å². The molecule has 7 aromatic carbocycles. The fraction of sp³-hybridized carbons (Fsp3) is 0. The van der Waals surface area contributed by atoms with Crippen molar-refractivity contribution in [2.75, 3.05) is 0 Å². The van der Waals surface area contributed by atoms with Gasteiger partial charge in [0, 0.05) is 27.5 Å². The molecule has 242 valence electrons. The molecule has 15 heteroatoms. The van der Waals surface area contributed by atoms with Crippen molar-refractivity contribution in [3.8, 4) is 56.4 Å². The van der Waals surface area contributed by atoms with Crippen LogP contribution in [0.25, 0.3) is 89.1 Å². The zero-order chi connectivity index (χ0) is 40.7. The monoisotopic (exact) mass is 711 g/mol. The summed E-state index contributed by atoms with van der Waals surface area (Å²) in [6.07, 6.45) is 0. The molecule has 0 N–H and O–H groups in total. The highest BCUT2D eigenvalue weighted by molar-refractivity contribution is 6.73. The predicted octanol–water partition coefficient (Wildman–Crippen LogP) is -2.01. The SMILES string of the molecule is [B]c1c([B])c(-c2c([B])c([B])c3c([B])c([B])c([B])c([B])c3c2[B])c([B])c([B])c1-c1cccc(-c2nc(-c3ccccc3)nc(-c3cccc4oc5ccccc5c34)n2)c1. The summed E-state index contributed by atoms with van der Waals surface area (Å²) in [5, 5.41) is 2.32. The van der Waals surface area contributed by atoms with E-state index in [-0.39, 0.29) is 82.0 Å². The maximum absolute atomic E-state index is 6.84. The molecule has 58 heavy (non-hydrogen) atoms. The van der Waals surface area contributed by atoms with Crippen molar-refractivity contribution in [1.29, 1.82) is 0 Å². The summed E-state index contributed by atoms with van der Waals surface area (Å²) in [4.78, 5) is 14.9. The van der Waals surface area contributed by atoms with Gasteiger partial charge in [0.15, 0.2) is 17.5 Å². The van der Waals surface area contributed by atoms with E-state index < -0.39 is 0 Å². The van der Waals surface area contributed by atoms with E-state index in [1.807, 2.05) is 97.1 Å². The highest BCUT2D eigenvalue weighted by Crippen LogP contribution is 2.36. The maximum Gasteiger partial charge on any atom is 0.164 e. The van der Waals surface area contributed by atoms with Crippen LogP contribution in [0.2, 0.25) is 0 Å². The standard InChI is InChI=1S/C43H16B11N3O/c44-30-26(33(47)36(50)29-27(30)37(51)39(53)40(54)38(29)52)28-34(48)31(45)24(32(46)35(28)49)18-10-6-11-19(16-18)42-55-41(17-8-2-1-3-9-17)56-43(57-42)21-13-7-15-23-25(21)20-12-4-5-14-22(20)58-23/h1-16H. The predicted molar refractivity (Wildman–Crippen MR) is 251 cm³/mol. The minimum atomic E-state index is 0.0196. The topological polar surface area (TPSA) is 51.8 Å². The fourth-order valence-corrected chi connectivity index (χ4v) is 7.72. The van der Waals surface area contributed by atoms with Crippen LogP contribution in [0.15, 0.2) is 101 Å². The van der Waals surface area contributed by atoms with E-state index in [0.717, 1.165) is 27.5 Å². The van der Waals surface area contributed by atoms with E-state index in [2.05, 4.69) is 0 Å². The van der Waals surface area contributed by atoms with Gasteiger partial charge in [0.2, 0.25) is 0 Å². The van der Waals surface area contributed by atoms with Crippen LogP contribution < -0.4 is 60.1 Å². The fourth-order valence-electron chi connectivity index (χ4n) is 7.72. The van der Waals surface area contributed by atoms with Crippen LogP contribution in [0.3, 0.4) is 0 Å². The summed E-state index contributed by atoms with van der Waals surface area (Å²) in [5.41, 5.74) is 5.67. The molecule has 0 aliphatic rings. The summed E-state index contributed by atoms with van der Waals surface area (Å²) in [5.74, 6) is 1.33. The van der Waals surface area contributed by atoms with Gasteiger partial charge in [-0.3, -0.25) is 0 Å². The van der Waals surface area contributed by atoms with Gasteiger partial charge >= 0.3 is 0 Å². The molecule has 0 atom stereocenters. The molecule has 22 radical (unpaired) electrons. The second kappa shape index (κ2) is 14.3. The first-order chi connectivity index (χ1) is 27.9. The number of nitrogens with zero attached hydrogens (tertiary/aromatic N) is 3. The molecule has 0 saturated carbocycles. The minimum absolute atomic E-state index is 0.0196. The lowest BCUT2D eigenvalue weighted by Crippen LogP contribution is -2.53. The van der Waals surface area contributed by atoms with Crippen LogP contribution in [0.5, 0.6) is 0 Å². The third-order valence-electron chi connectivity index (χ3n) is 10.7. The Balaban J connectivity index is 1.23. The number of benzene rings is 7. The molecule has 0 fully saturated rings. The molecule has 0 aliphatic heterocycles. The van der Waals surface area contributed by atoms with Gasteiger partial charge in [-0.2, -0.15) is 0 Å². The number of aromatic nitrogens is 3. The molecule has 0 unspecified atom stereocenters. The minimum Gasteiger partial charge on any atom is -0.456 e. The molecule has 0 amide bonds. The van der Waals surface area contributed by atoms with Gasteiger partial charge in [0.05, 0.1) is 0 Å². The molecular formula is C43H16B11N3O. The van der Waals surface area contributed by atoms with E-state index in [1.165, 1.54) is 0 Å². The first-order valence-corrected chi connectivity index (χ1v) is 18.0. The van der Waals surface area contributed by atoms with Crippen molar-refractivity contribution < 1.29 is 4.42 Å². The normalized spacial score (nSPS) is 11.5. The van der Waals surface area contributed by atoms with Crippen LogP contribution in [-0.4, -0.2) is 101 Å². The molecule has 0 bridgehead atoms. The molecule has 9 aromatic rings. The van der Waals surface area contributed by atoms with Gasteiger partial charge in [-0.05, 0) is 51.2 Å². The van der Waals surface area contributed by atoms with Crippen molar-refractivity contribution in [2.24, 2.45) is 0 Å². The van der Waals surface area contributed by atoms with Crippen LogP contribution in [0.1, 0.15) is 0 Å². The molecule has 0 saturated heterocycles. The molecular weight excluding hydrogens is 693 g/mol. The Hall–Kier alpha value is -5.68. The first-order valence-electron chi connectivity index (χ1n) is 18.0. The Kier molecular flexibility index (Phi) is 9.34. The number of hydrogen-bond acceptors (Lipinski definition) is 4. The van der Waals surface area contributed by atoms with Gasteiger partial charge in [-0.25, -0.2) is 15.0 Å². The number of fused-ring (bicyclic) bond motifs is 4. The molecule has 4 nitrogen and oxygen atoms in total. The Morgan fingerprint density at radius 1 is 0.328 bits per heavy atom. The Labute approximate surface area is 350 Å². The van der Waals surface area contributed by atoms with Crippen molar-refractivity contribution >= 4 is 179 Å². The van der Waals surface area contributed by atoms with Gasteiger partial charge < -0.3 is 4.42 Å². The lowest BCUT2D eigenvalue weighted by atomic mass is 9.56. The number of furan rings is 1. The van der Waals surface area contributed by atoms with Gasteiger partial charge in [-0.1, -0.05) is 128 Å². The zero-order valence-corrected chi connectivity index (χ0v) is 30.8. The second-order valence-corrected chi connectivity index (χ2v) is 14.0. The average Bonchev–Trinajstić information content (AvgIpc) is 3.63. The van der Waals surface area contributed by atoms with E-state index in [1.54, 1.807) is 0 Å². The van der Waals surface area contributed by atoms with Gasteiger partial charge in [0.25, 0.3) is 0 Å². The Bertz CT molecular complexity index is 3180. The highest BCUT2D eigenvalue weighted by atomic mass is 16.3. The smallest absolute Gasteiger partial charge is 0.164 e. The van der Waals surface area contributed by atoms with Crippen LogP contribution in [-0.2, 0) is 0 Å². The summed E-state index contributed by atoms with van der Waals surface area (Å²) in [6, 6.07) is 30.7. The average molecular weight is 710 g/mol. The maximum atomic E-state index is 6.84. The Morgan fingerprint density at radius 2 is 0.793 bits per heavy atom. The summed E-state index contributed by atoms with van der Waals surface area (Å²) >= 11 is 0. The number of hydrogen-bond donors (Lipinski definition) is 0. The lowest BCUT2D eigenvalue weighted by molar-refractivity contribution is 0.669. The third-order valence-corrected chi connectivity index (χ3v) is 10.7. The van der Waals surface area contributed by atoms with Crippen LogP contribution in [0.4, 0.5) is 0 Å². The largest absolute Gasteiger partial charge is 0.456 e. The molecule has 2 aromatic heterocycles. The highest BCUT2D eigenvalue weighted by Gasteiger charge is 2.23. The summed E-state index contributed by atoms with van der Waals surface area (Å²) < 4.78 is 6.19. The van der Waals surface area contributed by atoms with Crippen molar-refractivity contribution in [3.05, 3.63) is 97.1 Å². The number of para-hydroxylation sites is 1. The summed E-state index contributed by atoms with van der Waals surface area (Å²) in [6.45, 7) is 0. The van der Waals surface area contributed by atoms with E-state index in [9.17, 15) is 0 Å². The lowest BCUT2D eigenvalue weighted by Gasteiger charge is -2.29. The van der Waals surface area contributed by atoms with Gasteiger partial charge in [-0.15, -0.1) is 10.9 Å². The van der Waals surface area contributed by atoms with Crippen LogP contribution >= 0.6 is 0 Å². The quantitative estimate of drug-likeness (QED) is 0.194.